The maximum absolute atomic E-state index is 14.0. The third kappa shape index (κ3) is 4.44. The van der Waals surface area contributed by atoms with Crippen molar-refractivity contribution in [2.75, 3.05) is 12.3 Å². The van der Waals surface area contributed by atoms with E-state index in [2.05, 4.69) is 4.98 Å². The first-order valence-electron chi connectivity index (χ1n) is 11.6. The Hall–Kier alpha value is -4.75. The number of hydrogen-bond acceptors (Lipinski definition) is 7. The largest absolute Gasteiger partial charge is 0.462 e. The van der Waals surface area contributed by atoms with Gasteiger partial charge in [0.15, 0.2) is 0 Å². The van der Waals surface area contributed by atoms with Crippen molar-refractivity contribution in [2.24, 2.45) is 0 Å². The molecule has 5 rings (SSSR count). The van der Waals surface area contributed by atoms with Crippen LogP contribution < -0.4 is 22.3 Å². The lowest BCUT2D eigenvalue weighted by atomic mass is 9.84. The maximum atomic E-state index is 14.0. The van der Waals surface area contributed by atoms with E-state index in [4.69, 9.17) is 19.3 Å². The summed E-state index contributed by atoms with van der Waals surface area (Å²) < 4.78 is 99.7. The summed E-state index contributed by atoms with van der Waals surface area (Å²) in [5.74, 6) is -3.20. The van der Waals surface area contributed by atoms with Gasteiger partial charge in [-0.25, -0.2) is 14.2 Å². The number of anilines is 1. The Balaban J connectivity index is 1.94. The van der Waals surface area contributed by atoms with E-state index in [1.807, 2.05) is 0 Å². The summed E-state index contributed by atoms with van der Waals surface area (Å²) in [7, 11) is 0. The Kier molecular flexibility index (Phi) is 6.35. The fourth-order valence-electron chi connectivity index (χ4n) is 4.59. The molecule has 0 spiro atoms. The highest BCUT2D eigenvalue weighted by atomic mass is 19.4. The summed E-state index contributed by atoms with van der Waals surface area (Å²) in [6.07, 6.45) is -8.80. The van der Waals surface area contributed by atoms with Crippen LogP contribution in [0.2, 0.25) is 0 Å². The number of rotatable bonds is 4. The smallest absolute Gasteiger partial charge is 0.416 e. The number of ether oxygens (including phenoxy) is 1. The molecule has 0 radical (unpaired) electrons. The van der Waals surface area contributed by atoms with E-state index in [1.54, 1.807) is 0 Å². The minimum absolute atomic E-state index is 0.202. The molecule has 1 aliphatic heterocycles. The second-order valence-electron chi connectivity index (χ2n) is 8.54. The molecule has 208 valence electrons. The van der Waals surface area contributed by atoms with Crippen LogP contribution in [0.1, 0.15) is 40.8 Å². The number of benzene rings is 2. The van der Waals surface area contributed by atoms with Crippen LogP contribution in [-0.2, 0) is 21.9 Å². The number of oxazole rings is 2. The van der Waals surface area contributed by atoms with Crippen molar-refractivity contribution < 1.29 is 44.7 Å². The fraction of sp³-hybridized carbons (Fsp3) is 0.192. The van der Waals surface area contributed by atoms with Gasteiger partial charge in [0.1, 0.15) is 16.6 Å². The lowest BCUT2D eigenvalue weighted by Gasteiger charge is -2.24. The monoisotopic (exact) mass is 565 g/mol. The number of alkyl halides is 6. The molecule has 1 aliphatic rings. The second-order valence-corrected chi connectivity index (χ2v) is 8.54. The molecule has 4 aromatic rings. The number of nitrogen functional groups attached to an aromatic ring is 1. The average molecular weight is 565 g/mol. The zero-order valence-corrected chi connectivity index (χ0v) is 20.3. The molecule has 2 aromatic carbocycles. The van der Waals surface area contributed by atoms with Crippen LogP contribution in [0.3, 0.4) is 0 Å². The summed E-state index contributed by atoms with van der Waals surface area (Å²) in [6.45, 7) is 1.24. The third-order valence-corrected chi connectivity index (χ3v) is 6.12. The highest BCUT2D eigenvalue weighted by molar-refractivity contribution is 6.12. The van der Waals surface area contributed by atoms with Crippen molar-refractivity contribution >= 4 is 23.6 Å². The van der Waals surface area contributed by atoms with Crippen LogP contribution in [-0.4, -0.2) is 22.1 Å². The van der Waals surface area contributed by atoms with Crippen LogP contribution in [0.4, 0.5) is 32.4 Å². The molecular formula is C26H17F6N3O5. The first-order chi connectivity index (χ1) is 18.8. The summed E-state index contributed by atoms with van der Waals surface area (Å²) >= 11 is 0. The molecule has 0 aliphatic carbocycles. The van der Waals surface area contributed by atoms with Gasteiger partial charge in [0, 0.05) is 0 Å². The van der Waals surface area contributed by atoms with Gasteiger partial charge >= 0.3 is 23.9 Å². The average Bonchev–Trinajstić information content (AvgIpc) is 3.41. The number of nitrogens with zero attached hydrogens (tertiary/aromatic N) is 2. The lowest BCUT2D eigenvalue weighted by Crippen LogP contribution is -2.38. The number of halogens is 6. The van der Waals surface area contributed by atoms with E-state index in [0.29, 0.717) is 0 Å². The molecule has 8 nitrogen and oxygen atoms in total. The van der Waals surface area contributed by atoms with Crippen LogP contribution in [0.25, 0.3) is 17.5 Å². The Morgan fingerprint density at radius 3 is 2.30 bits per heavy atom. The van der Waals surface area contributed by atoms with Gasteiger partial charge in [0.2, 0.25) is 11.4 Å². The number of nitrogens with two attached hydrogens (primary N) is 1. The molecular weight excluding hydrogens is 548 g/mol. The zero-order chi connectivity index (χ0) is 29.0. The van der Waals surface area contributed by atoms with Crippen molar-refractivity contribution in [1.29, 1.82) is 0 Å². The molecule has 40 heavy (non-hydrogen) atoms. The predicted molar refractivity (Wildman–Crippen MR) is 126 cm³/mol. The maximum Gasteiger partial charge on any atom is 0.416 e. The highest BCUT2D eigenvalue weighted by Gasteiger charge is 2.44. The van der Waals surface area contributed by atoms with E-state index in [9.17, 15) is 35.9 Å². The molecule has 1 atom stereocenters. The predicted octanol–water partition coefficient (Wildman–Crippen LogP) is 3.73. The van der Waals surface area contributed by atoms with Gasteiger partial charge in [-0.05, 0) is 36.3 Å². The SMILES string of the molecule is CCOC(=O)C1=c2oc(=O)/c(=C\c3ccccc3C(F)(F)F)n2-c2oc(N)nc2[C@@H]1c1ccccc1C(F)(F)F. The summed E-state index contributed by atoms with van der Waals surface area (Å²) in [4.78, 5) is 30.3. The number of carbonyl (C=O) groups is 1. The van der Waals surface area contributed by atoms with E-state index < -0.39 is 80.5 Å². The van der Waals surface area contributed by atoms with E-state index in [-0.39, 0.29) is 12.3 Å². The van der Waals surface area contributed by atoms with Crippen molar-refractivity contribution in [2.45, 2.75) is 25.2 Å². The first kappa shape index (κ1) is 26.8. The van der Waals surface area contributed by atoms with E-state index in [1.165, 1.54) is 19.1 Å². The molecule has 0 saturated heterocycles. The molecule has 0 unspecified atom stereocenters. The number of fused-ring (bicyclic) bond motifs is 3. The summed E-state index contributed by atoms with van der Waals surface area (Å²) in [6, 6.07) is 8.15. The minimum atomic E-state index is -4.87. The van der Waals surface area contributed by atoms with Crippen LogP contribution in [0, 0.1) is 0 Å². The number of aromatic nitrogens is 2. The number of carbonyl (C=O) groups excluding carboxylic acids is 1. The van der Waals surface area contributed by atoms with Crippen molar-refractivity contribution in [3.05, 3.63) is 97.8 Å². The molecule has 14 heteroatoms. The lowest BCUT2D eigenvalue weighted by molar-refractivity contribution is -0.139. The van der Waals surface area contributed by atoms with Gasteiger partial charge in [-0.15, -0.1) is 0 Å². The second kappa shape index (κ2) is 9.47. The molecule has 0 saturated carbocycles. The van der Waals surface area contributed by atoms with Gasteiger partial charge in [-0.1, -0.05) is 36.4 Å². The van der Waals surface area contributed by atoms with Crippen molar-refractivity contribution in [3.63, 3.8) is 0 Å². The highest BCUT2D eigenvalue weighted by Crippen LogP contribution is 2.44. The van der Waals surface area contributed by atoms with Gasteiger partial charge in [-0.2, -0.15) is 31.3 Å². The minimum Gasteiger partial charge on any atom is -0.462 e. The molecule has 0 amide bonds. The van der Waals surface area contributed by atoms with Crippen LogP contribution >= 0.6 is 0 Å². The number of hydrogen-bond donors (Lipinski definition) is 1. The Morgan fingerprint density at radius 2 is 1.65 bits per heavy atom. The molecule has 2 aromatic heterocycles. The standard InChI is InChI=1S/C26H17F6N3O5/c1-2-38-23(37)18-17(13-8-4-6-10-15(13)26(30,31)32)19-21(40-24(33)34-19)35-16(22(36)39-20(18)35)11-12-7-3-5-9-14(12)25(27,28)29/h3-11,17H,2H2,1H3,(H2,33,34)/b16-11+/t17-/m1/s1. The summed E-state index contributed by atoms with van der Waals surface area (Å²) in [5, 5.41) is -0.534. The topological polar surface area (TPSA) is 113 Å². The van der Waals surface area contributed by atoms with E-state index in [0.717, 1.165) is 47.0 Å². The van der Waals surface area contributed by atoms with Gasteiger partial charge in [0.05, 0.1) is 23.7 Å². The van der Waals surface area contributed by atoms with Crippen LogP contribution in [0.5, 0.6) is 0 Å². The fourth-order valence-corrected chi connectivity index (χ4v) is 4.59. The van der Waals surface area contributed by atoms with Gasteiger partial charge in [0.25, 0.3) is 6.01 Å². The van der Waals surface area contributed by atoms with Gasteiger partial charge < -0.3 is 19.3 Å². The molecule has 0 bridgehead atoms. The first-order valence-corrected chi connectivity index (χ1v) is 11.6. The normalized spacial score (nSPS) is 15.6. The molecule has 2 N–H and O–H groups in total. The Bertz CT molecular complexity index is 1810. The Morgan fingerprint density at radius 1 is 1.02 bits per heavy atom. The Labute approximate surface area is 219 Å². The van der Waals surface area contributed by atoms with Gasteiger partial charge in [-0.3, -0.25) is 0 Å². The number of esters is 1. The van der Waals surface area contributed by atoms with E-state index >= 15 is 0 Å². The quantitative estimate of drug-likeness (QED) is 0.297. The van der Waals surface area contributed by atoms with Crippen molar-refractivity contribution in [1.82, 2.24) is 9.55 Å². The third-order valence-electron chi connectivity index (χ3n) is 6.12. The zero-order valence-electron chi connectivity index (χ0n) is 20.3. The molecule has 0 fully saturated rings. The molecule has 3 heterocycles. The summed E-state index contributed by atoms with van der Waals surface area (Å²) in [5.41, 5.74) is -0.0188. The van der Waals surface area contributed by atoms with Crippen LogP contribution in [0.15, 0.2) is 62.2 Å². The van der Waals surface area contributed by atoms with Crippen molar-refractivity contribution in [3.8, 4) is 5.88 Å².